The minimum absolute atomic E-state index is 0.0886. The maximum atomic E-state index is 10.6. The Balaban J connectivity index is 2.39. The summed E-state index contributed by atoms with van der Waals surface area (Å²) in [5.41, 5.74) is 0.879. The van der Waals surface area contributed by atoms with Crippen molar-refractivity contribution in [2.75, 3.05) is 12.9 Å². The number of hydrogen-bond donors (Lipinski definition) is 0. The highest BCUT2D eigenvalue weighted by molar-refractivity contribution is 7.85. The van der Waals surface area contributed by atoms with Gasteiger partial charge >= 0.3 is 0 Å². The van der Waals surface area contributed by atoms with Crippen molar-refractivity contribution < 1.29 is 12.6 Å². The lowest BCUT2D eigenvalue weighted by molar-refractivity contribution is 0.295. The summed E-state index contributed by atoms with van der Waals surface area (Å²) < 4.78 is 27.3. The summed E-state index contributed by atoms with van der Waals surface area (Å²) in [4.78, 5) is 0. The van der Waals surface area contributed by atoms with Crippen LogP contribution in [0.3, 0.4) is 0 Å². The molecule has 6 nitrogen and oxygen atoms in total. The van der Waals surface area contributed by atoms with E-state index in [0.29, 0.717) is 6.54 Å². The second-order valence-corrected chi connectivity index (χ2v) is 4.50. The molecule has 0 aliphatic heterocycles. The molecule has 0 aromatic carbocycles. The Kier molecular flexibility index (Phi) is 3.59. The van der Waals surface area contributed by atoms with Gasteiger partial charge in [-0.05, 0) is 6.42 Å². The van der Waals surface area contributed by atoms with E-state index in [1.165, 1.54) is 0 Å². The molecule has 0 spiro atoms. The van der Waals surface area contributed by atoms with Gasteiger partial charge in [-0.15, -0.1) is 5.10 Å². The molecule has 0 amide bonds. The lowest BCUT2D eigenvalue weighted by Gasteiger charge is -1.99. The lowest BCUT2D eigenvalue weighted by atomic mass is 10.4. The van der Waals surface area contributed by atoms with Crippen LogP contribution >= 0.6 is 0 Å². The van der Waals surface area contributed by atoms with Crippen LogP contribution in [0, 0.1) is 0 Å². The van der Waals surface area contributed by atoms with Crippen LogP contribution in [-0.4, -0.2) is 36.3 Å². The molecule has 0 unspecified atom stereocenters. The van der Waals surface area contributed by atoms with Gasteiger partial charge in [0, 0.05) is 6.20 Å². The Hall–Kier alpha value is -0.950. The predicted molar refractivity (Wildman–Crippen MR) is 50.2 cm³/mol. The van der Waals surface area contributed by atoms with Crippen molar-refractivity contribution >= 4 is 10.1 Å². The summed E-state index contributed by atoms with van der Waals surface area (Å²) in [7, 11) is -3.35. The zero-order chi connectivity index (χ0) is 10.6. The van der Waals surface area contributed by atoms with E-state index in [1.807, 2.05) is 6.92 Å². The average molecular weight is 219 g/mol. The number of nitrogens with zero attached hydrogens (tertiary/aromatic N) is 3. The molecule has 0 bridgehead atoms. The van der Waals surface area contributed by atoms with E-state index < -0.39 is 10.1 Å². The third kappa shape index (κ3) is 3.84. The van der Waals surface area contributed by atoms with Gasteiger partial charge in [0.1, 0.15) is 0 Å². The molecular weight excluding hydrogens is 206 g/mol. The summed E-state index contributed by atoms with van der Waals surface area (Å²) in [6.45, 7) is 2.45. The van der Waals surface area contributed by atoms with Gasteiger partial charge in [-0.1, -0.05) is 12.1 Å². The predicted octanol–water partition coefficient (Wildman–Crippen LogP) is -0.183. The SMILES string of the molecule is CCc1cn(CCOS(C)(=O)=O)nn1. The van der Waals surface area contributed by atoms with Gasteiger partial charge in [0.25, 0.3) is 10.1 Å². The number of rotatable bonds is 5. The standard InChI is InChI=1S/C7H13N3O3S/c1-3-7-6-10(9-8-7)4-5-13-14(2,11)12/h6H,3-5H2,1-2H3. The van der Waals surface area contributed by atoms with Crippen LogP contribution in [0.2, 0.25) is 0 Å². The summed E-state index contributed by atoms with van der Waals surface area (Å²) in [6.07, 6.45) is 3.60. The molecule has 0 saturated carbocycles. The average Bonchev–Trinajstić information content (AvgIpc) is 2.50. The summed E-state index contributed by atoms with van der Waals surface area (Å²) >= 11 is 0. The maximum absolute atomic E-state index is 10.6. The highest BCUT2D eigenvalue weighted by Gasteiger charge is 2.02. The number of aromatic nitrogens is 3. The third-order valence-electron chi connectivity index (χ3n) is 1.57. The fourth-order valence-electron chi connectivity index (χ4n) is 0.892. The molecule has 0 aliphatic rings. The maximum Gasteiger partial charge on any atom is 0.264 e. The van der Waals surface area contributed by atoms with Gasteiger partial charge in [0.05, 0.1) is 25.1 Å². The van der Waals surface area contributed by atoms with Gasteiger partial charge in [0.15, 0.2) is 0 Å². The first-order valence-corrected chi connectivity index (χ1v) is 6.06. The topological polar surface area (TPSA) is 74.1 Å². The second-order valence-electron chi connectivity index (χ2n) is 2.85. The Morgan fingerprint density at radius 1 is 1.57 bits per heavy atom. The Morgan fingerprint density at radius 2 is 2.29 bits per heavy atom. The molecule has 0 fully saturated rings. The first kappa shape index (κ1) is 11.1. The smallest absolute Gasteiger partial charge is 0.264 e. The Labute approximate surface area is 83.0 Å². The Bertz CT molecular complexity index is 385. The highest BCUT2D eigenvalue weighted by atomic mass is 32.2. The largest absolute Gasteiger partial charge is 0.268 e. The second kappa shape index (κ2) is 4.52. The first-order valence-electron chi connectivity index (χ1n) is 4.24. The van der Waals surface area contributed by atoms with Crippen molar-refractivity contribution in [2.45, 2.75) is 19.9 Å². The van der Waals surface area contributed by atoms with E-state index in [0.717, 1.165) is 18.4 Å². The first-order chi connectivity index (χ1) is 6.51. The molecule has 1 heterocycles. The molecule has 0 atom stereocenters. The van der Waals surface area contributed by atoms with Crippen molar-refractivity contribution in [1.29, 1.82) is 0 Å². The van der Waals surface area contributed by atoms with Crippen LogP contribution in [-0.2, 0) is 27.3 Å². The molecule has 80 valence electrons. The zero-order valence-electron chi connectivity index (χ0n) is 8.17. The summed E-state index contributed by atoms with van der Waals surface area (Å²) in [6, 6.07) is 0. The van der Waals surface area contributed by atoms with Crippen LogP contribution in [0.5, 0.6) is 0 Å². The van der Waals surface area contributed by atoms with Crippen molar-refractivity contribution in [3.8, 4) is 0 Å². The third-order valence-corrected chi connectivity index (χ3v) is 2.16. The van der Waals surface area contributed by atoms with Crippen LogP contribution in [0.25, 0.3) is 0 Å². The van der Waals surface area contributed by atoms with E-state index in [-0.39, 0.29) is 6.61 Å². The van der Waals surface area contributed by atoms with Gasteiger partial charge in [-0.2, -0.15) is 8.42 Å². The van der Waals surface area contributed by atoms with Crippen LogP contribution in [0.15, 0.2) is 6.20 Å². The minimum atomic E-state index is -3.35. The van der Waals surface area contributed by atoms with E-state index >= 15 is 0 Å². The zero-order valence-corrected chi connectivity index (χ0v) is 8.99. The van der Waals surface area contributed by atoms with Crippen LogP contribution in [0.4, 0.5) is 0 Å². The number of aryl methyl sites for hydroxylation is 1. The highest BCUT2D eigenvalue weighted by Crippen LogP contribution is 1.94. The Morgan fingerprint density at radius 3 is 2.79 bits per heavy atom. The molecule has 7 heteroatoms. The monoisotopic (exact) mass is 219 g/mol. The normalized spacial score (nSPS) is 11.9. The number of hydrogen-bond acceptors (Lipinski definition) is 5. The molecule has 0 saturated heterocycles. The van der Waals surface area contributed by atoms with Crippen molar-refractivity contribution in [3.05, 3.63) is 11.9 Å². The van der Waals surface area contributed by atoms with Gasteiger partial charge in [-0.3, -0.25) is 4.18 Å². The fraction of sp³-hybridized carbons (Fsp3) is 0.714. The van der Waals surface area contributed by atoms with E-state index in [1.54, 1.807) is 10.9 Å². The van der Waals surface area contributed by atoms with Gasteiger partial charge in [-0.25, -0.2) is 4.68 Å². The lowest BCUT2D eigenvalue weighted by Crippen LogP contribution is -2.10. The molecule has 14 heavy (non-hydrogen) atoms. The molecule has 0 radical (unpaired) electrons. The van der Waals surface area contributed by atoms with Gasteiger partial charge < -0.3 is 0 Å². The quantitative estimate of drug-likeness (QED) is 0.642. The van der Waals surface area contributed by atoms with E-state index in [4.69, 9.17) is 0 Å². The molecule has 1 aromatic rings. The van der Waals surface area contributed by atoms with Crippen molar-refractivity contribution in [2.24, 2.45) is 0 Å². The molecule has 1 aromatic heterocycles. The molecule has 1 rings (SSSR count). The molecular formula is C7H13N3O3S. The van der Waals surface area contributed by atoms with E-state index in [9.17, 15) is 8.42 Å². The van der Waals surface area contributed by atoms with Crippen molar-refractivity contribution in [1.82, 2.24) is 15.0 Å². The van der Waals surface area contributed by atoms with Crippen LogP contribution in [0.1, 0.15) is 12.6 Å². The fourth-order valence-corrected chi connectivity index (χ4v) is 1.27. The molecule has 0 N–H and O–H groups in total. The minimum Gasteiger partial charge on any atom is -0.268 e. The summed E-state index contributed by atoms with van der Waals surface area (Å²) in [5, 5.41) is 7.66. The molecule has 0 aliphatic carbocycles. The van der Waals surface area contributed by atoms with Crippen molar-refractivity contribution in [3.63, 3.8) is 0 Å². The van der Waals surface area contributed by atoms with Gasteiger partial charge in [0.2, 0.25) is 0 Å². The van der Waals surface area contributed by atoms with E-state index in [2.05, 4.69) is 14.5 Å². The summed E-state index contributed by atoms with van der Waals surface area (Å²) in [5.74, 6) is 0. The van der Waals surface area contributed by atoms with Crippen LogP contribution < -0.4 is 0 Å².